The summed E-state index contributed by atoms with van der Waals surface area (Å²) in [4.78, 5) is 21.7. The fourth-order valence-corrected chi connectivity index (χ4v) is 4.23. The third-order valence-electron chi connectivity index (χ3n) is 6.30. The van der Waals surface area contributed by atoms with Gasteiger partial charge in [0.2, 0.25) is 0 Å². The van der Waals surface area contributed by atoms with E-state index in [1.54, 1.807) is 19.3 Å². The molecule has 0 aliphatic heterocycles. The Kier molecular flexibility index (Phi) is 11.6. The van der Waals surface area contributed by atoms with Gasteiger partial charge in [-0.05, 0) is 42.9 Å². The molecule has 0 unspecified atom stereocenters. The van der Waals surface area contributed by atoms with Crippen LogP contribution in [-0.4, -0.2) is 28.6 Å². The average molecular weight is 489 g/mol. The molecule has 0 amide bonds. The van der Waals surface area contributed by atoms with Crippen molar-refractivity contribution in [2.75, 3.05) is 6.61 Å². The molecule has 1 heterocycles. The Labute approximate surface area is 216 Å². The van der Waals surface area contributed by atoms with Gasteiger partial charge in [0.05, 0.1) is 12.4 Å². The Balaban J connectivity index is 1.78. The van der Waals surface area contributed by atoms with Gasteiger partial charge in [-0.25, -0.2) is 14.8 Å². The van der Waals surface area contributed by atoms with Crippen LogP contribution in [0.1, 0.15) is 77.7 Å². The number of benzene rings is 2. The van der Waals surface area contributed by atoms with E-state index in [0.29, 0.717) is 18.2 Å². The van der Waals surface area contributed by atoms with Crippen molar-refractivity contribution in [3.63, 3.8) is 0 Å². The van der Waals surface area contributed by atoms with Crippen molar-refractivity contribution in [3.05, 3.63) is 66.5 Å². The number of esters is 1. The number of ether oxygens (including phenoxy) is 2. The van der Waals surface area contributed by atoms with Crippen LogP contribution < -0.4 is 4.74 Å². The van der Waals surface area contributed by atoms with Gasteiger partial charge in [0.1, 0.15) is 0 Å². The molecule has 3 aromatic rings. The van der Waals surface area contributed by atoms with Crippen molar-refractivity contribution in [1.29, 1.82) is 0 Å². The molecule has 0 radical (unpaired) electrons. The number of hydrogen-bond donors (Lipinski definition) is 0. The van der Waals surface area contributed by atoms with Gasteiger partial charge in [0, 0.05) is 12.2 Å². The zero-order valence-corrected chi connectivity index (χ0v) is 22.0. The number of aromatic nitrogens is 2. The molecule has 0 fully saturated rings. The molecular weight excluding hydrogens is 448 g/mol. The van der Waals surface area contributed by atoms with Gasteiger partial charge in [0.15, 0.2) is 17.7 Å². The fraction of sp³-hybridized carbons (Fsp3) is 0.452. The van der Waals surface area contributed by atoms with Crippen LogP contribution in [0.4, 0.5) is 0 Å². The molecule has 1 atom stereocenters. The summed E-state index contributed by atoms with van der Waals surface area (Å²) in [6.07, 6.45) is 12.8. The zero-order chi connectivity index (χ0) is 25.6. The smallest absolute Gasteiger partial charge is 0.340 e. The summed E-state index contributed by atoms with van der Waals surface area (Å²) >= 11 is 0. The second-order valence-corrected chi connectivity index (χ2v) is 9.25. The second-order valence-electron chi connectivity index (χ2n) is 9.25. The molecule has 5 heteroatoms. The van der Waals surface area contributed by atoms with Crippen molar-refractivity contribution in [2.45, 2.75) is 84.7 Å². The van der Waals surface area contributed by atoms with E-state index in [9.17, 15) is 4.79 Å². The van der Waals surface area contributed by atoms with Gasteiger partial charge in [-0.3, -0.25) is 0 Å². The second kappa shape index (κ2) is 15.1. The SMILES string of the molecule is CCCCCCCc1cccc(-c2ccccc2)c1-c1ncc(OC(=O)[C@@H](C)OCCCCC)cn1. The monoisotopic (exact) mass is 488 g/mol. The van der Waals surface area contributed by atoms with E-state index in [4.69, 9.17) is 9.47 Å². The Morgan fingerprint density at radius 2 is 1.53 bits per heavy atom. The molecule has 0 spiro atoms. The lowest BCUT2D eigenvalue weighted by Gasteiger charge is -2.15. The maximum atomic E-state index is 12.4. The van der Waals surface area contributed by atoms with Gasteiger partial charge in [-0.15, -0.1) is 0 Å². The molecular formula is C31H40N2O3. The summed E-state index contributed by atoms with van der Waals surface area (Å²) < 4.78 is 11.1. The first kappa shape index (κ1) is 27.5. The Hall–Kier alpha value is -3.05. The lowest BCUT2D eigenvalue weighted by Crippen LogP contribution is -2.26. The topological polar surface area (TPSA) is 61.3 Å². The van der Waals surface area contributed by atoms with Crippen LogP contribution in [-0.2, 0) is 16.0 Å². The minimum Gasteiger partial charge on any atom is -0.421 e. The molecule has 2 aromatic carbocycles. The van der Waals surface area contributed by atoms with Crippen LogP contribution in [0.15, 0.2) is 60.9 Å². The quantitative estimate of drug-likeness (QED) is 0.161. The molecule has 0 aliphatic carbocycles. The minimum atomic E-state index is -0.625. The summed E-state index contributed by atoms with van der Waals surface area (Å²) in [6, 6.07) is 16.8. The van der Waals surface area contributed by atoms with E-state index >= 15 is 0 Å². The summed E-state index contributed by atoms with van der Waals surface area (Å²) in [6.45, 7) is 6.64. The number of carbonyl (C=O) groups is 1. The molecule has 36 heavy (non-hydrogen) atoms. The number of unbranched alkanes of at least 4 members (excludes halogenated alkanes) is 6. The van der Waals surface area contributed by atoms with E-state index in [2.05, 4.69) is 54.1 Å². The third-order valence-corrected chi connectivity index (χ3v) is 6.30. The fourth-order valence-electron chi connectivity index (χ4n) is 4.23. The van der Waals surface area contributed by atoms with E-state index < -0.39 is 12.1 Å². The predicted molar refractivity (Wildman–Crippen MR) is 146 cm³/mol. The first-order chi connectivity index (χ1) is 17.6. The van der Waals surface area contributed by atoms with E-state index in [-0.39, 0.29) is 0 Å². The van der Waals surface area contributed by atoms with Crippen LogP contribution in [0.5, 0.6) is 5.75 Å². The highest BCUT2D eigenvalue weighted by Gasteiger charge is 2.18. The first-order valence-corrected chi connectivity index (χ1v) is 13.5. The molecule has 0 bridgehead atoms. The maximum absolute atomic E-state index is 12.4. The molecule has 192 valence electrons. The van der Waals surface area contributed by atoms with Crippen molar-refractivity contribution in [3.8, 4) is 28.3 Å². The molecule has 0 saturated carbocycles. The first-order valence-electron chi connectivity index (χ1n) is 13.5. The van der Waals surface area contributed by atoms with Crippen LogP contribution >= 0.6 is 0 Å². The Morgan fingerprint density at radius 1 is 0.833 bits per heavy atom. The standard InChI is InChI=1S/C31H40N2O3/c1-4-6-8-9-11-18-26-19-15-20-28(25-16-12-10-13-17-25)29(26)30-32-22-27(23-33-30)36-31(34)24(3)35-21-14-7-5-2/h10,12-13,15-17,19-20,22-24H,4-9,11,14,18,21H2,1-3H3/t24-/m1/s1. The van der Waals surface area contributed by atoms with Gasteiger partial charge in [-0.1, -0.05) is 101 Å². The predicted octanol–water partition coefficient (Wildman–Crippen LogP) is 7.82. The Bertz CT molecular complexity index is 1050. The van der Waals surface area contributed by atoms with Gasteiger partial charge >= 0.3 is 5.97 Å². The lowest BCUT2D eigenvalue weighted by molar-refractivity contribution is -0.146. The van der Waals surface area contributed by atoms with Gasteiger partial charge in [-0.2, -0.15) is 0 Å². The highest BCUT2D eigenvalue weighted by Crippen LogP contribution is 2.34. The number of nitrogens with zero attached hydrogens (tertiary/aromatic N) is 2. The van der Waals surface area contributed by atoms with Gasteiger partial charge in [0.25, 0.3) is 0 Å². The van der Waals surface area contributed by atoms with Crippen LogP contribution in [0.25, 0.3) is 22.5 Å². The molecule has 0 saturated heterocycles. The normalized spacial score (nSPS) is 11.9. The van der Waals surface area contributed by atoms with Gasteiger partial charge < -0.3 is 9.47 Å². The van der Waals surface area contributed by atoms with E-state index in [0.717, 1.165) is 48.8 Å². The third kappa shape index (κ3) is 8.27. The molecule has 5 nitrogen and oxygen atoms in total. The highest BCUT2D eigenvalue weighted by molar-refractivity contribution is 5.83. The molecule has 3 rings (SSSR count). The van der Waals surface area contributed by atoms with E-state index in [1.807, 2.05) is 18.2 Å². The average Bonchev–Trinajstić information content (AvgIpc) is 2.91. The largest absolute Gasteiger partial charge is 0.421 e. The maximum Gasteiger partial charge on any atom is 0.340 e. The summed E-state index contributed by atoms with van der Waals surface area (Å²) in [7, 11) is 0. The highest BCUT2D eigenvalue weighted by atomic mass is 16.6. The minimum absolute atomic E-state index is 0.325. The number of rotatable bonds is 15. The van der Waals surface area contributed by atoms with Crippen LogP contribution in [0.2, 0.25) is 0 Å². The summed E-state index contributed by atoms with van der Waals surface area (Å²) in [5, 5.41) is 0. The summed E-state index contributed by atoms with van der Waals surface area (Å²) in [5.74, 6) is 0.535. The number of aryl methyl sites for hydroxylation is 1. The number of carbonyl (C=O) groups excluding carboxylic acids is 1. The van der Waals surface area contributed by atoms with Crippen molar-refractivity contribution >= 4 is 5.97 Å². The van der Waals surface area contributed by atoms with Crippen LogP contribution in [0, 0.1) is 0 Å². The molecule has 0 aliphatic rings. The van der Waals surface area contributed by atoms with Crippen molar-refractivity contribution < 1.29 is 14.3 Å². The van der Waals surface area contributed by atoms with E-state index in [1.165, 1.54) is 31.2 Å². The van der Waals surface area contributed by atoms with Crippen molar-refractivity contribution in [1.82, 2.24) is 9.97 Å². The lowest BCUT2D eigenvalue weighted by atomic mass is 9.92. The number of hydrogen-bond acceptors (Lipinski definition) is 5. The summed E-state index contributed by atoms with van der Waals surface area (Å²) in [5.41, 5.74) is 4.53. The van der Waals surface area contributed by atoms with Crippen LogP contribution in [0.3, 0.4) is 0 Å². The van der Waals surface area contributed by atoms with Crippen molar-refractivity contribution in [2.24, 2.45) is 0 Å². The molecule has 0 N–H and O–H groups in total. The Morgan fingerprint density at radius 3 is 2.25 bits per heavy atom. The molecule has 1 aromatic heterocycles. The zero-order valence-electron chi connectivity index (χ0n) is 22.0.